The molecule has 2 nitrogen and oxygen atoms in total. The number of thioether (sulfide) groups is 1. The summed E-state index contributed by atoms with van der Waals surface area (Å²) in [5.41, 5.74) is 4.55. The molecule has 0 aromatic rings. The number of amides is 1. The van der Waals surface area contributed by atoms with Crippen molar-refractivity contribution >= 4 is 17.7 Å². The monoisotopic (exact) mass is 141 g/mol. The van der Waals surface area contributed by atoms with Gasteiger partial charge in [-0.05, 0) is 0 Å². The second-order valence-corrected chi connectivity index (χ2v) is 2.02. The molecule has 0 saturated carbocycles. The molecule has 0 aromatic heterocycles. The SMILES string of the molecule is NC(=O)CSC(F)F. The summed E-state index contributed by atoms with van der Waals surface area (Å²) in [4.78, 5) is 9.77. The molecule has 0 unspecified atom stereocenters. The number of hydrogen-bond acceptors (Lipinski definition) is 2. The fourth-order valence-corrected chi connectivity index (χ4v) is 0.435. The van der Waals surface area contributed by atoms with Gasteiger partial charge in [0.15, 0.2) is 0 Å². The van der Waals surface area contributed by atoms with Crippen molar-refractivity contribution in [3.8, 4) is 0 Å². The summed E-state index contributed by atoms with van der Waals surface area (Å²) in [7, 11) is 0. The minimum absolute atomic E-state index is 0.231. The number of alkyl halides is 2. The zero-order valence-electron chi connectivity index (χ0n) is 3.93. The lowest BCUT2D eigenvalue weighted by Crippen LogP contribution is -2.13. The number of rotatable bonds is 3. The number of halogens is 2. The van der Waals surface area contributed by atoms with E-state index in [9.17, 15) is 13.6 Å². The summed E-state index contributed by atoms with van der Waals surface area (Å²) >= 11 is 0.231. The van der Waals surface area contributed by atoms with Crippen LogP contribution in [0.2, 0.25) is 0 Å². The molecule has 0 rings (SSSR count). The standard InChI is InChI=1S/C3H5F2NOS/c4-3(5)8-1-2(6)7/h3H,1H2,(H2,6,7). The molecule has 0 fully saturated rings. The van der Waals surface area contributed by atoms with Gasteiger partial charge in [-0.25, -0.2) is 0 Å². The summed E-state index contributed by atoms with van der Waals surface area (Å²) in [5, 5.41) is 0. The van der Waals surface area contributed by atoms with Gasteiger partial charge in [0.2, 0.25) is 5.91 Å². The Morgan fingerprint density at radius 3 is 2.38 bits per heavy atom. The molecule has 0 aliphatic carbocycles. The lowest BCUT2D eigenvalue weighted by Gasteiger charge is -1.91. The van der Waals surface area contributed by atoms with E-state index < -0.39 is 11.7 Å². The van der Waals surface area contributed by atoms with E-state index >= 15 is 0 Å². The zero-order chi connectivity index (χ0) is 6.57. The summed E-state index contributed by atoms with van der Waals surface area (Å²) < 4.78 is 22.3. The smallest absolute Gasteiger partial charge is 0.285 e. The van der Waals surface area contributed by atoms with Gasteiger partial charge < -0.3 is 5.73 Å². The van der Waals surface area contributed by atoms with Gasteiger partial charge in [-0.3, -0.25) is 4.79 Å². The molecule has 0 aromatic carbocycles. The Bertz CT molecular complexity index is 87.4. The highest BCUT2D eigenvalue weighted by Gasteiger charge is 2.03. The highest BCUT2D eigenvalue weighted by molar-refractivity contribution is 8.00. The highest BCUT2D eigenvalue weighted by atomic mass is 32.2. The van der Waals surface area contributed by atoms with Crippen LogP contribution in [0.3, 0.4) is 0 Å². The van der Waals surface area contributed by atoms with Gasteiger partial charge in [-0.15, -0.1) is 0 Å². The molecule has 48 valence electrons. The second-order valence-electron chi connectivity index (χ2n) is 1.04. The topological polar surface area (TPSA) is 43.1 Å². The summed E-state index contributed by atoms with van der Waals surface area (Å²) in [6, 6.07) is 0. The maximum atomic E-state index is 11.2. The molecule has 0 heterocycles. The normalized spacial score (nSPS) is 9.88. The van der Waals surface area contributed by atoms with Crippen molar-refractivity contribution in [3.63, 3.8) is 0 Å². The summed E-state index contributed by atoms with van der Waals surface area (Å²) in [6.45, 7) is 0. The third kappa shape index (κ3) is 5.68. The van der Waals surface area contributed by atoms with Crippen molar-refractivity contribution in [3.05, 3.63) is 0 Å². The molecular weight excluding hydrogens is 136 g/mol. The van der Waals surface area contributed by atoms with Crippen molar-refractivity contribution < 1.29 is 13.6 Å². The van der Waals surface area contributed by atoms with Crippen molar-refractivity contribution in [2.45, 2.75) is 5.76 Å². The molecular formula is C3H5F2NOS. The molecule has 0 spiro atoms. The predicted octanol–water partition coefficient (Wildman–Crippen LogP) is 0.428. The summed E-state index contributed by atoms with van der Waals surface area (Å²) in [6.07, 6.45) is 0. The quantitative estimate of drug-likeness (QED) is 0.619. The van der Waals surface area contributed by atoms with Crippen LogP contribution in [0.4, 0.5) is 8.78 Å². The first-order valence-corrected chi connectivity index (χ1v) is 2.86. The zero-order valence-corrected chi connectivity index (χ0v) is 4.75. The Kier molecular flexibility index (Phi) is 3.51. The van der Waals surface area contributed by atoms with E-state index in [1.54, 1.807) is 0 Å². The number of primary amides is 1. The molecule has 1 amide bonds. The predicted molar refractivity (Wildman–Crippen MR) is 27.7 cm³/mol. The molecule has 0 aliphatic rings. The van der Waals surface area contributed by atoms with E-state index in [4.69, 9.17) is 0 Å². The van der Waals surface area contributed by atoms with Crippen LogP contribution < -0.4 is 5.73 Å². The number of hydrogen-bond donors (Lipinski definition) is 1. The van der Waals surface area contributed by atoms with E-state index in [1.807, 2.05) is 0 Å². The van der Waals surface area contributed by atoms with Crippen LogP contribution in [0, 0.1) is 0 Å². The Balaban J connectivity index is 3.05. The first-order valence-electron chi connectivity index (χ1n) is 1.81. The molecule has 5 heteroatoms. The van der Waals surface area contributed by atoms with Gasteiger partial charge in [-0.1, -0.05) is 11.8 Å². The van der Waals surface area contributed by atoms with Crippen molar-refractivity contribution in [2.24, 2.45) is 5.73 Å². The molecule has 0 aliphatic heterocycles. The first-order chi connectivity index (χ1) is 3.63. The van der Waals surface area contributed by atoms with Crippen LogP contribution in [0.25, 0.3) is 0 Å². The molecule has 8 heavy (non-hydrogen) atoms. The van der Waals surface area contributed by atoms with Gasteiger partial charge >= 0.3 is 0 Å². The lowest BCUT2D eigenvalue weighted by atomic mass is 10.8. The van der Waals surface area contributed by atoms with Crippen LogP contribution in [0.5, 0.6) is 0 Å². The molecule has 2 N–H and O–H groups in total. The molecule has 0 bridgehead atoms. The highest BCUT2D eigenvalue weighted by Crippen LogP contribution is 2.11. The van der Waals surface area contributed by atoms with Crippen LogP contribution in [0.1, 0.15) is 0 Å². The van der Waals surface area contributed by atoms with Crippen LogP contribution in [-0.4, -0.2) is 17.4 Å². The Morgan fingerprint density at radius 2 is 2.25 bits per heavy atom. The fourth-order valence-electron chi connectivity index (χ4n) is 0.145. The average Bonchev–Trinajstić information content (AvgIpc) is 1.61. The van der Waals surface area contributed by atoms with E-state index in [1.165, 1.54) is 0 Å². The molecule has 0 saturated heterocycles. The van der Waals surface area contributed by atoms with E-state index in [2.05, 4.69) is 5.73 Å². The average molecular weight is 141 g/mol. The summed E-state index contributed by atoms with van der Waals surface area (Å²) in [5.74, 6) is -3.52. The largest absolute Gasteiger partial charge is 0.369 e. The van der Waals surface area contributed by atoms with Gasteiger partial charge in [0.05, 0.1) is 5.75 Å². The number of carbonyl (C=O) groups is 1. The van der Waals surface area contributed by atoms with Gasteiger partial charge in [-0.2, -0.15) is 8.78 Å². The van der Waals surface area contributed by atoms with E-state index in [-0.39, 0.29) is 17.5 Å². The van der Waals surface area contributed by atoms with Gasteiger partial charge in [0.25, 0.3) is 5.76 Å². The number of carbonyl (C=O) groups excluding carboxylic acids is 1. The third-order valence-corrected chi connectivity index (χ3v) is 1.05. The second kappa shape index (κ2) is 3.65. The van der Waals surface area contributed by atoms with Crippen LogP contribution >= 0.6 is 11.8 Å². The Morgan fingerprint density at radius 1 is 1.75 bits per heavy atom. The Labute approximate surface area is 49.4 Å². The van der Waals surface area contributed by atoms with E-state index in [0.29, 0.717) is 0 Å². The molecule has 0 atom stereocenters. The van der Waals surface area contributed by atoms with Crippen LogP contribution in [-0.2, 0) is 4.79 Å². The van der Waals surface area contributed by atoms with Crippen molar-refractivity contribution in [1.29, 1.82) is 0 Å². The third-order valence-electron chi connectivity index (χ3n) is 0.352. The van der Waals surface area contributed by atoms with E-state index in [0.717, 1.165) is 0 Å². The van der Waals surface area contributed by atoms with Gasteiger partial charge in [0, 0.05) is 0 Å². The lowest BCUT2D eigenvalue weighted by molar-refractivity contribution is -0.115. The number of nitrogens with two attached hydrogens (primary N) is 1. The van der Waals surface area contributed by atoms with Crippen molar-refractivity contribution in [2.75, 3.05) is 5.75 Å². The minimum Gasteiger partial charge on any atom is -0.369 e. The van der Waals surface area contributed by atoms with Crippen LogP contribution in [0.15, 0.2) is 0 Å². The Hall–Kier alpha value is -0.320. The fraction of sp³-hybridized carbons (Fsp3) is 0.667. The minimum atomic E-state index is -2.50. The maximum absolute atomic E-state index is 11.2. The molecule has 0 radical (unpaired) electrons. The maximum Gasteiger partial charge on any atom is 0.285 e. The van der Waals surface area contributed by atoms with Crippen molar-refractivity contribution in [1.82, 2.24) is 0 Å². The van der Waals surface area contributed by atoms with Gasteiger partial charge in [0.1, 0.15) is 0 Å². The first kappa shape index (κ1) is 7.68.